The first-order valence-electron chi connectivity index (χ1n) is 10.1. The minimum absolute atomic E-state index is 0.259. The highest BCUT2D eigenvalue weighted by Crippen LogP contribution is 2.26. The van der Waals surface area contributed by atoms with Gasteiger partial charge in [0.05, 0.1) is 37.4 Å². The van der Waals surface area contributed by atoms with Gasteiger partial charge in [0.1, 0.15) is 17.2 Å². The first-order valence-corrected chi connectivity index (χ1v) is 11.3. The van der Waals surface area contributed by atoms with E-state index < -0.39 is 5.97 Å². The van der Waals surface area contributed by atoms with Crippen LogP contribution in [0.3, 0.4) is 0 Å². The van der Waals surface area contributed by atoms with E-state index in [1.807, 2.05) is 43.6 Å². The van der Waals surface area contributed by atoms with Crippen molar-refractivity contribution in [2.45, 2.75) is 12.1 Å². The highest BCUT2D eigenvalue weighted by Gasteiger charge is 2.22. The summed E-state index contributed by atoms with van der Waals surface area (Å²) < 4.78 is 10.7. The van der Waals surface area contributed by atoms with Gasteiger partial charge in [-0.1, -0.05) is 11.8 Å². The summed E-state index contributed by atoms with van der Waals surface area (Å²) in [4.78, 5) is 30.4. The van der Waals surface area contributed by atoms with Gasteiger partial charge in [0.2, 0.25) is 0 Å². The number of hydrogen-bond acceptors (Lipinski definition) is 10. The summed E-state index contributed by atoms with van der Waals surface area (Å²) in [7, 11) is 3.80. The number of anilines is 3. The summed E-state index contributed by atoms with van der Waals surface area (Å²) in [6.45, 7) is 5.06. The zero-order valence-corrected chi connectivity index (χ0v) is 19.1. The molecule has 0 unspecified atom stereocenters. The lowest BCUT2D eigenvalue weighted by Crippen LogP contribution is -2.36. The van der Waals surface area contributed by atoms with Crippen LogP contribution in [0.5, 0.6) is 0 Å². The van der Waals surface area contributed by atoms with Gasteiger partial charge in [-0.25, -0.2) is 19.7 Å². The standard InChI is InChI=1S/C21H28N6O3S/c1-5-30-20(28)18-16(8-9-26(2)3)24-21(31-4)25-19(18)23-15-6-7-17(22-14-15)27-10-12-29-13-11-27/h6-9,14H,5,10-13H2,1-4H3,(H,23,24,25)/b9-8+. The molecule has 166 valence electrons. The maximum atomic E-state index is 12.8. The van der Waals surface area contributed by atoms with E-state index in [0.29, 0.717) is 29.9 Å². The molecule has 0 spiro atoms. The van der Waals surface area contributed by atoms with Crippen molar-refractivity contribution in [1.29, 1.82) is 0 Å². The Morgan fingerprint density at radius 3 is 2.71 bits per heavy atom. The Balaban J connectivity index is 1.94. The first-order chi connectivity index (χ1) is 15.0. The van der Waals surface area contributed by atoms with E-state index in [0.717, 1.165) is 24.6 Å². The predicted molar refractivity (Wildman–Crippen MR) is 123 cm³/mol. The van der Waals surface area contributed by atoms with E-state index in [-0.39, 0.29) is 12.2 Å². The zero-order valence-electron chi connectivity index (χ0n) is 18.3. The third kappa shape index (κ3) is 6.08. The lowest BCUT2D eigenvalue weighted by molar-refractivity contribution is 0.0526. The fraction of sp³-hybridized carbons (Fsp3) is 0.429. The molecule has 1 aliphatic rings. The molecule has 0 atom stereocenters. The van der Waals surface area contributed by atoms with Crippen molar-refractivity contribution in [2.75, 3.05) is 63.5 Å². The molecule has 1 N–H and O–H groups in total. The van der Waals surface area contributed by atoms with Gasteiger partial charge in [-0.15, -0.1) is 0 Å². The van der Waals surface area contributed by atoms with Crippen LogP contribution in [0.4, 0.5) is 17.3 Å². The fourth-order valence-corrected chi connectivity index (χ4v) is 3.33. The SMILES string of the molecule is CCOC(=O)c1c(/C=C/N(C)C)nc(SC)nc1Nc1ccc(N2CCOCC2)nc1. The van der Waals surface area contributed by atoms with Crippen LogP contribution in [0.2, 0.25) is 0 Å². The first kappa shape index (κ1) is 22.8. The monoisotopic (exact) mass is 444 g/mol. The fourth-order valence-electron chi connectivity index (χ4n) is 2.96. The number of thioether (sulfide) groups is 1. The minimum atomic E-state index is -0.478. The molecule has 0 amide bonds. The molecular weight excluding hydrogens is 416 g/mol. The number of nitrogens with zero attached hydrogens (tertiary/aromatic N) is 5. The van der Waals surface area contributed by atoms with E-state index >= 15 is 0 Å². The van der Waals surface area contributed by atoms with Gasteiger partial charge in [-0.3, -0.25) is 0 Å². The second-order valence-corrected chi connectivity index (χ2v) is 7.72. The van der Waals surface area contributed by atoms with Gasteiger partial charge in [0.15, 0.2) is 5.16 Å². The van der Waals surface area contributed by atoms with Crippen molar-refractivity contribution in [3.63, 3.8) is 0 Å². The lowest BCUT2D eigenvalue weighted by Gasteiger charge is -2.27. The summed E-state index contributed by atoms with van der Waals surface area (Å²) >= 11 is 1.40. The number of esters is 1. The van der Waals surface area contributed by atoms with Crippen LogP contribution >= 0.6 is 11.8 Å². The van der Waals surface area contributed by atoms with Gasteiger partial charge in [0, 0.05) is 33.4 Å². The number of morpholine rings is 1. The quantitative estimate of drug-likeness (QED) is 0.372. The highest BCUT2D eigenvalue weighted by atomic mass is 32.2. The molecule has 10 heteroatoms. The summed E-state index contributed by atoms with van der Waals surface area (Å²) in [5.41, 5.74) is 1.50. The van der Waals surface area contributed by atoms with Gasteiger partial charge in [-0.2, -0.15) is 0 Å². The van der Waals surface area contributed by atoms with Crippen LogP contribution in [0.25, 0.3) is 6.08 Å². The number of rotatable bonds is 8. The smallest absolute Gasteiger partial charge is 0.344 e. The summed E-state index contributed by atoms with van der Waals surface area (Å²) in [6.07, 6.45) is 7.23. The van der Waals surface area contributed by atoms with E-state index in [2.05, 4.69) is 25.2 Å². The number of pyridine rings is 1. The van der Waals surface area contributed by atoms with E-state index in [1.165, 1.54) is 11.8 Å². The van der Waals surface area contributed by atoms with Crippen LogP contribution in [0, 0.1) is 0 Å². The predicted octanol–water partition coefficient (Wildman–Crippen LogP) is 2.88. The molecule has 1 saturated heterocycles. The summed E-state index contributed by atoms with van der Waals surface area (Å²) in [5.74, 6) is 0.799. The maximum absolute atomic E-state index is 12.8. The molecule has 9 nitrogen and oxygen atoms in total. The van der Waals surface area contributed by atoms with E-state index in [1.54, 1.807) is 19.2 Å². The van der Waals surface area contributed by atoms with Gasteiger partial charge >= 0.3 is 5.97 Å². The zero-order chi connectivity index (χ0) is 22.2. The van der Waals surface area contributed by atoms with Gasteiger partial charge in [0.25, 0.3) is 0 Å². The number of ether oxygens (including phenoxy) is 2. The van der Waals surface area contributed by atoms with Crippen molar-refractivity contribution in [1.82, 2.24) is 19.9 Å². The molecule has 0 bridgehead atoms. The average molecular weight is 445 g/mol. The third-order valence-electron chi connectivity index (χ3n) is 4.45. The topological polar surface area (TPSA) is 92.7 Å². The molecule has 3 heterocycles. The number of carbonyl (C=O) groups is 1. The second kappa shape index (κ2) is 11.0. The largest absolute Gasteiger partial charge is 0.462 e. The average Bonchev–Trinajstić information content (AvgIpc) is 2.78. The lowest BCUT2D eigenvalue weighted by atomic mass is 10.2. The molecule has 2 aromatic rings. The van der Waals surface area contributed by atoms with Crippen molar-refractivity contribution in [2.24, 2.45) is 0 Å². The van der Waals surface area contributed by atoms with Gasteiger partial charge < -0.3 is 24.6 Å². The Bertz CT molecular complexity index is 914. The van der Waals surface area contributed by atoms with Gasteiger partial charge in [-0.05, 0) is 31.4 Å². The van der Waals surface area contributed by atoms with Crippen LogP contribution in [-0.2, 0) is 9.47 Å². The Hall–Kier alpha value is -2.85. The Morgan fingerprint density at radius 2 is 2.10 bits per heavy atom. The van der Waals surface area contributed by atoms with E-state index in [9.17, 15) is 4.79 Å². The highest BCUT2D eigenvalue weighted by molar-refractivity contribution is 7.98. The molecule has 0 saturated carbocycles. The Morgan fingerprint density at radius 1 is 1.32 bits per heavy atom. The number of hydrogen-bond donors (Lipinski definition) is 1. The molecule has 0 aromatic carbocycles. The molecule has 2 aromatic heterocycles. The molecular formula is C21H28N6O3S. The molecule has 0 aliphatic carbocycles. The second-order valence-electron chi connectivity index (χ2n) is 6.95. The molecule has 1 fully saturated rings. The number of aromatic nitrogens is 3. The summed E-state index contributed by atoms with van der Waals surface area (Å²) in [6, 6.07) is 3.87. The minimum Gasteiger partial charge on any atom is -0.462 e. The normalized spacial score (nSPS) is 14.0. The molecule has 1 aliphatic heterocycles. The van der Waals surface area contributed by atoms with Crippen LogP contribution in [0.1, 0.15) is 23.0 Å². The number of carbonyl (C=O) groups excluding carboxylic acids is 1. The molecule has 3 rings (SSSR count). The van der Waals surface area contributed by atoms with Crippen LogP contribution in [-0.4, -0.2) is 79.1 Å². The van der Waals surface area contributed by atoms with Crippen molar-refractivity contribution in [3.05, 3.63) is 35.8 Å². The third-order valence-corrected chi connectivity index (χ3v) is 5.00. The molecule has 31 heavy (non-hydrogen) atoms. The maximum Gasteiger partial charge on any atom is 0.344 e. The van der Waals surface area contributed by atoms with Crippen molar-refractivity contribution >= 4 is 41.1 Å². The Kier molecular flexibility index (Phi) is 8.07. The summed E-state index contributed by atoms with van der Waals surface area (Å²) in [5, 5.41) is 3.77. The molecule has 0 radical (unpaired) electrons. The van der Waals surface area contributed by atoms with Crippen LogP contribution < -0.4 is 10.2 Å². The van der Waals surface area contributed by atoms with Crippen molar-refractivity contribution < 1.29 is 14.3 Å². The Labute approximate surface area is 186 Å². The van der Waals surface area contributed by atoms with Crippen LogP contribution in [0.15, 0.2) is 29.7 Å². The van der Waals surface area contributed by atoms with E-state index in [4.69, 9.17) is 9.47 Å². The van der Waals surface area contributed by atoms with Crippen molar-refractivity contribution in [3.8, 4) is 0 Å². The number of nitrogens with one attached hydrogen (secondary N) is 1.